The molecule has 0 rings (SSSR count). The van der Waals surface area contributed by atoms with Crippen molar-refractivity contribution in [3.63, 3.8) is 0 Å². The highest BCUT2D eigenvalue weighted by atomic mass is 15.1. The summed E-state index contributed by atoms with van der Waals surface area (Å²) in [6.07, 6.45) is 29.7. The highest BCUT2D eigenvalue weighted by molar-refractivity contribution is 4.63. The number of rotatable bonds is 25. The summed E-state index contributed by atoms with van der Waals surface area (Å²) >= 11 is 0. The fourth-order valence-electron chi connectivity index (χ4n) is 4.37. The van der Waals surface area contributed by atoms with Gasteiger partial charge >= 0.3 is 0 Å². The largest absolute Gasteiger partial charge is 0.328 e. The maximum atomic E-state index is 6.02. The lowest BCUT2D eigenvalue weighted by Gasteiger charge is -2.23. The molecule has 182 valence electrons. The second-order valence-electron chi connectivity index (χ2n) is 9.97. The second-order valence-corrected chi connectivity index (χ2v) is 9.97. The molecular weight excluding hydrogens is 364 g/mol. The molecule has 0 aromatic rings. The minimum atomic E-state index is 0.341. The zero-order valence-electron chi connectivity index (χ0n) is 21.6. The first-order valence-electron chi connectivity index (χ1n) is 14.2. The second kappa shape index (κ2) is 25.2. The van der Waals surface area contributed by atoms with E-state index in [0.717, 1.165) is 6.42 Å². The van der Waals surface area contributed by atoms with E-state index in [-0.39, 0.29) is 0 Å². The Kier molecular flexibility index (Phi) is 25.1. The molecule has 0 aromatic carbocycles. The third kappa shape index (κ3) is 24.2. The van der Waals surface area contributed by atoms with Crippen LogP contribution in [-0.4, -0.2) is 30.6 Å². The van der Waals surface area contributed by atoms with Crippen LogP contribution in [0.2, 0.25) is 0 Å². The van der Waals surface area contributed by atoms with Crippen molar-refractivity contribution < 1.29 is 0 Å². The van der Waals surface area contributed by atoms with Crippen molar-refractivity contribution in [2.45, 2.75) is 162 Å². The van der Waals surface area contributed by atoms with E-state index < -0.39 is 0 Å². The van der Waals surface area contributed by atoms with Crippen molar-refractivity contribution in [3.8, 4) is 0 Å². The number of nitrogens with zero attached hydrogens (tertiary/aromatic N) is 1. The van der Waals surface area contributed by atoms with Crippen LogP contribution >= 0.6 is 0 Å². The summed E-state index contributed by atoms with van der Waals surface area (Å²) in [7, 11) is 0. The zero-order chi connectivity index (χ0) is 22.1. The molecule has 0 heterocycles. The Hall–Kier alpha value is -0.0800. The lowest BCUT2D eigenvalue weighted by Crippen LogP contribution is -2.31. The van der Waals surface area contributed by atoms with Crippen LogP contribution in [0.3, 0.4) is 0 Å². The van der Waals surface area contributed by atoms with Gasteiger partial charge in [-0.15, -0.1) is 0 Å². The van der Waals surface area contributed by atoms with Gasteiger partial charge in [0.15, 0.2) is 0 Å². The molecule has 30 heavy (non-hydrogen) atoms. The normalized spacial score (nSPS) is 12.7. The number of hydrogen-bond donors (Lipinski definition) is 1. The smallest absolute Gasteiger partial charge is 0.00226 e. The first-order valence-corrected chi connectivity index (χ1v) is 14.2. The van der Waals surface area contributed by atoms with Crippen molar-refractivity contribution >= 4 is 0 Å². The van der Waals surface area contributed by atoms with Gasteiger partial charge in [0.25, 0.3) is 0 Å². The Morgan fingerprint density at radius 2 is 0.767 bits per heavy atom. The summed E-state index contributed by atoms with van der Waals surface area (Å²) in [6, 6.07) is 0.341. The predicted octanol–water partition coefficient (Wildman–Crippen LogP) is 8.87. The Morgan fingerprint density at radius 1 is 0.467 bits per heavy atom. The molecule has 0 aliphatic rings. The summed E-state index contributed by atoms with van der Waals surface area (Å²) in [5, 5.41) is 0. The molecule has 1 unspecified atom stereocenters. The van der Waals surface area contributed by atoms with Crippen LogP contribution in [0.5, 0.6) is 0 Å². The van der Waals surface area contributed by atoms with E-state index in [1.54, 1.807) is 0 Å². The maximum absolute atomic E-state index is 6.02. The third-order valence-electron chi connectivity index (χ3n) is 6.56. The molecule has 0 aromatic heterocycles. The van der Waals surface area contributed by atoms with Gasteiger partial charge in [-0.1, -0.05) is 129 Å². The van der Waals surface area contributed by atoms with Gasteiger partial charge in [0.2, 0.25) is 0 Å². The van der Waals surface area contributed by atoms with Crippen LogP contribution in [0, 0.1) is 0 Å². The molecule has 2 heteroatoms. The van der Waals surface area contributed by atoms with Gasteiger partial charge in [0.1, 0.15) is 0 Å². The van der Waals surface area contributed by atoms with E-state index in [9.17, 15) is 0 Å². The Bertz CT molecular complexity index is 279. The van der Waals surface area contributed by atoms with Crippen LogP contribution < -0.4 is 5.73 Å². The first-order chi connectivity index (χ1) is 14.7. The van der Waals surface area contributed by atoms with Crippen molar-refractivity contribution in [1.29, 1.82) is 0 Å². The van der Waals surface area contributed by atoms with Crippen molar-refractivity contribution in [2.24, 2.45) is 5.73 Å². The maximum Gasteiger partial charge on any atom is 0.00226 e. The fraction of sp³-hybridized carbons (Fsp3) is 1.00. The van der Waals surface area contributed by atoms with Crippen molar-refractivity contribution in [3.05, 3.63) is 0 Å². The summed E-state index contributed by atoms with van der Waals surface area (Å²) in [5.41, 5.74) is 6.02. The SMILES string of the molecule is CCCCCCCCCCCCN(CCCCCCCCCCCC)CCC(C)N. The monoisotopic (exact) mass is 424 g/mol. The molecule has 0 saturated heterocycles. The van der Waals surface area contributed by atoms with Crippen LogP contribution in [0.4, 0.5) is 0 Å². The molecule has 0 bridgehead atoms. The molecule has 0 amide bonds. The Labute approximate surface area is 192 Å². The third-order valence-corrected chi connectivity index (χ3v) is 6.56. The number of unbranched alkanes of at least 4 members (excludes halogenated alkanes) is 18. The van der Waals surface area contributed by atoms with E-state index in [0.29, 0.717) is 6.04 Å². The Morgan fingerprint density at radius 3 is 1.07 bits per heavy atom. The molecule has 2 N–H and O–H groups in total. The zero-order valence-corrected chi connectivity index (χ0v) is 21.6. The van der Waals surface area contributed by atoms with Crippen LogP contribution in [0.25, 0.3) is 0 Å². The van der Waals surface area contributed by atoms with Gasteiger partial charge in [-0.3, -0.25) is 0 Å². The molecule has 0 radical (unpaired) electrons. The highest BCUT2D eigenvalue weighted by Crippen LogP contribution is 2.13. The summed E-state index contributed by atoms with van der Waals surface area (Å²) in [5.74, 6) is 0. The lowest BCUT2D eigenvalue weighted by molar-refractivity contribution is 0.252. The first kappa shape index (κ1) is 29.9. The summed E-state index contributed by atoms with van der Waals surface area (Å²) < 4.78 is 0. The topological polar surface area (TPSA) is 29.3 Å². The van der Waals surface area contributed by atoms with Crippen LogP contribution in [0.15, 0.2) is 0 Å². The molecule has 0 spiro atoms. The molecule has 1 atom stereocenters. The predicted molar refractivity (Wildman–Crippen MR) is 138 cm³/mol. The number of hydrogen-bond acceptors (Lipinski definition) is 2. The van der Waals surface area contributed by atoms with Gasteiger partial charge in [-0.2, -0.15) is 0 Å². The van der Waals surface area contributed by atoms with Gasteiger partial charge in [0, 0.05) is 6.04 Å². The van der Waals surface area contributed by atoms with Gasteiger partial charge < -0.3 is 10.6 Å². The van der Waals surface area contributed by atoms with Gasteiger partial charge in [0.05, 0.1) is 0 Å². The minimum Gasteiger partial charge on any atom is -0.328 e. The summed E-state index contributed by atoms with van der Waals surface area (Å²) in [6.45, 7) is 10.5. The van der Waals surface area contributed by atoms with Crippen molar-refractivity contribution in [1.82, 2.24) is 4.90 Å². The van der Waals surface area contributed by atoms with Gasteiger partial charge in [-0.05, 0) is 45.8 Å². The molecule has 0 aliphatic heterocycles. The fourth-order valence-corrected chi connectivity index (χ4v) is 4.37. The molecule has 2 nitrogen and oxygen atoms in total. The molecule has 0 aliphatic carbocycles. The van der Waals surface area contributed by atoms with Crippen molar-refractivity contribution in [2.75, 3.05) is 19.6 Å². The molecule has 0 saturated carbocycles. The number of nitrogens with two attached hydrogens (primary N) is 1. The van der Waals surface area contributed by atoms with E-state index in [2.05, 4.69) is 25.7 Å². The average molecular weight is 425 g/mol. The summed E-state index contributed by atoms with van der Waals surface area (Å²) in [4.78, 5) is 2.71. The lowest BCUT2D eigenvalue weighted by atomic mass is 10.1. The van der Waals surface area contributed by atoms with E-state index in [4.69, 9.17) is 5.73 Å². The van der Waals surface area contributed by atoms with Crippen LogP contribution in [0.1, 0.15) is 156 Å². The Balaban J connectivity index is 3.63. The molecular formula is C28H60N2. The van der Waals surface area contributed by atoms with Crippen LogP contribution in [-0.2, 0) is 0 Å². The van der Waals surface area contributed by atoms with E-state index in [1.807, 2.05) is 0 Å². The molecule has 0 fully saturated rings. The average Bonchev–Trinajstić information content (AvgIpc) is 2.73. The van der Waals surface area contributed by atoms with E-state index >= 15 is 0 Å². The minimum absolute atomic E-state index is 0.341. The van der Waals surface area contributed by atoms with Gasteiger partial charge in [-0.25, -0.2) is 0 Å². The van der Waals surface area contributed by atoms with E-state index in [1.165, 1.54) is 148 Å². The standard InChI is InChI=1S/C28H60N2/c1-4-6-8-10-12-14-16-18-20-22-25-30(27-24-28(3)29)26-23-21-19-17-15-13-11-9-7-5-2/h28H,4-27,29H2,1-3H3. The quantitative estimate of drug-likeness (QED) is 0.148. The highest BCUT2D eigenvalue weighted by Gasteiger charge is 2.06.